The van der Waals surface area contributed by atoms with E-state index in [9.17, 15) is 0 Å². The Balaban J connectivity index is 0. The fourth-order valence-electron chi connectivity index (χ4n) is 0. The van der Waals surface area contributed by atoms with E-state index in [1.54, 1.807) is 0 Å². The Labute approximate surface area is 53.5 Å². The summed E-state index contributed by atoms with van der Waals surface area (Å²) in [6, 6.07) is 0. The summed E-state index contributed by atoms with van der Waals surface area (Å²) in [6.07, 6.45) is 0. The normalized spacial score (nSPS) is 0. The molecule has 0 fully saturated rings. The molecule has 0 amide bonds. The molecular formula is CuF4Mn. The molecule has 0 N–H and O–H groups in total. The fraction of sp³-hybridized carbons (Fsp3) is 0. The van der Waals surface area contributed by atoms with Gasteiger partial charge in [-0.2, -0.15) is 0 Å². The maximum absolute atomic E-state index is 0. The van der Waals surface area contributed by atoms with Gasteiger partial charge in [-0.3, -0.25) is 0 Å². The molecular weight excluding hydrogens is 194 g/mol. The zero-order valence-electron chi connectivity index (χ0n) is 2.19. The minimum Gasteiger partial charge on any atom is -1.00 e. The standard InChI is InChI=1S/Cu.4FH.Mn/h;4*1H;/q+2;;;;;+2/p-4. The van der Waals surface area contributed by atoms with E-state index in [2.05, 4.69) is 0 Å². The van der Waals surface area contributed by atoms with Crippen LogP contribution in [0.1, 0.15) is 0 Å². The van der Waals surface area contributed by atoms with Crippen LogP contribution in [0.4, 0.5) is 0 Å². The Hall–Kier alpha value is 0.759. The van der Waals surface area contributed by atoms with Gasteiger partial charge in [0.25, 0.3) is 0 Å². The van der Waals surface area contributed by atoms with Crippen molar-refractivity contribution < 1.29 is 53.0 Å². The van der Waals surface area contributed by atoms with Crippen molar-refractivity contribution >= 4 is 0 Å². The molecule has 0 aliphatic rings. The first-order valence-corrected chi connectivity index (χ1v) is 0. The monoisotopic (exact) mass is 194 g/mol. The second kappa shape index (κ2) is 226. The third-order valence-corrected chi connectivity index (χ3v) is 0. The Morgan fingerprint density at radius 3 is 0.500 bits per heavy atom. The molecule has 0 aliphatic carbocycles. The fourth-order valence-corrected chi connectivity index (χ4v) is 0. The van der Waals surface area contributed by atoms with Crippen LogP contribution in [-0.4, -0.2) is 0 Å². The van der Waals surface area contributed by atoms with Crippen LogP contribution in [0.15, 0.2) is 0 Å². The Bertz CT molecular complexity index is 7.51. The molecule has 46 valence electrons. The van der Waals surface area contributed by atoms with E-state index in [1.807, 2.05) is 0 Å². The maximum atomic E-state index is 0. The first-order valence-electron chi connectivity index (χ1n) is 0. The molecule has 0 bridgehead atoms. The largest absolute Gasteiger partial charge is 2.00 e. The van der Waals surface area contributed by atoms with Crippen LogP contribution in [-0.2, 0) is 34.1 Å². The van der Waals surface area contributed by atoms with Crippen molar-refractivity contribution in [1.29, 1.82) is 0 Å². The molecule has 0 nitrogen and oxygen atoms in total. The van der Waals surface area contributed by atoms with Gasteiger partial charge in [-0.25, -0.2) is 0 Å². The summed E-state index contributed by atoms with van der Waals surface area (Å²) >= 11 is 0. The Kier molecular flexibility index (Phi) is 14700. The average molecular weight is 194 g/mol. The third kappa shape index (κ3) is 117. The van der Waals surface area contributed by atoms with Gasteiger partial charge in [0.15, 0.2) is 0 Å². The third-order valence-electron chi connectivity index (χ3n) is 0. The van der Waals surface area contributed by atoms with Crippen molar-refractivity contribution in [2.45, 2.75) is 0 Å². The van der Waals surface area contributed by atoms with Crippen molar-refractivity contribution in [1.82, 2.24) is 0 Å². The topological polar surface area (TPSA) is 0 Å². The van der Waals surface area contributed by atoms with Gasteiger partial charge in [0.2, 0.25) is 0 Å². The van der Waals surface area contributed by atoms with Crippen molar-refractivity contribution in [3.63, 3.8) is 0 Å². The quantitative estimate of drug-likeness (QED) is 0.265. The maximum Gasteiger partial charge on any atom is 2.00 e. The molecule has 0 rings (SSSR count). The summed E-state index contributed by atoms with van der Waals surface area (Å²) in [6.45, 7) is 0. The van der Waals surface area contributed by atoms with Gasteiger partial charge in [0, 0.05) is 0 Å². The summed E-state index contributed by atoms with van der Waals surface area (Å²) in [5.74, 6) is 0. The molecule has 6 heavy (non-hydrogen) atoms. The van der Waals surface area contributed by atoms with Gasteiger partial charge in [-0.15, -0.1) is 0 Å². The van der Waals surface area contributed by atoms with Crippen LogP contribution in [0, 0.1) is 0 Å². The van der Waals surface area contributed by atoms with Gasteiger partial charge < -0.3 is 18.8 Å². The SMILES string of the molecule is [Cu+2].[F-].[F-].[F-].[F-].[Mn+2]. The van der Waals surface area contributed by atoms with E-state index in [1.165, 1.54) is 0 Å². The number of hydrogen-bond donors (Lipinski definition) is 0. The molecule has 0 aliphatic heterocycles. The minimum absolute atomic E-state index is 0. The molecule has 0 heterocycles. The van der Waals surface area contributed by atoms with Gasteiger partial charge in [0.05, 0.1) is 0 Å². The van der Waals surface area contributed by atoms with E-state index in [0.29, 0.717) is 0 Å². The molecule has 0 saturated carbocycles. The molecule has 6 heteroatoms. The van der Waals surface area contributed by atoms with E-state index in [0.717, 1.165) is 0 Å². The van der Waals surface area contributed by atoms with E-state index >= 15 is 0 Å². The first kappa shape index (κ1) is 389. The Morgan fingerprint density at radius 1 is 0.500 bits per heavy atom. The predicted molar refractivity (Wildman–Crippen MR) is 0 cm³/mol. The van der Waals surface area contributed by atoms with E-state index in [4.69, 9.17) is 0 Å². The summed E-state index contributed by atoms with van der Waals surface area (Å²) in [5.41, 5.74) is 0. The molecule has 0 spiro atoms. The summed E-state index contributed by atoms with van der Waals surface area (Å²) < 4.78 is 0. The minimum atomic E-state index is 0. The van der Waals surface area contributed by atoms with Gasteiger partial charge >= 0.3 is 34.1 Å². The predicted octanol–water partition coefficient (Wildman–Crippen LogP) is -12.0. The number of hydrogen-bond acceptors (Lipinski definition) is 0. The molecule has 2 radical (unpaired) electrons. The van der Waals surface area contributed by atoms with Gasteiger partial charge in [-0.1, -0.05) is 0 Å². The van der Waals surface area contributed by atoms with Crippen molar-refractivity contribution in [2.24, 2.45) is 0 Å². The zero-order chi connectivity index (χ0) is 0. The molecule has 0 saturated heterocycles. The van der Waals surface area contributed by atoms with Crippen LogP contribution in [0.5, 0.6) is 0 Å². The first-order chi connectivity index (χ1) is 0. The van der Waals surface area contributed by atoms with Crippen molar-refractivity contribution in [3.05, 3.63) is 0 Å². The van der Waals surface area contributed by atoms with Crippen LogP contribution in [0.3, 0.4) is 0 Å². The van der Waals surface area contributed by atoms with Crippen molar-refractivity contribution in [2.75, 3.05) is 0 Å². The summed E-state index contributed by atoms with van der Waals surface area (Å²) in [7, 11) is 0. The second-order valence-electron chi connectivity index (χ2n) is 0. The number of halogens is 4. The van der Waals surface area contributed by atoms with E-state index < -0.39 is 0 Å². The molecule has 0 aromatic heterocycles. The average Bonchev–Trinajstić information content (AvgIpc) is 0. The van der Waals surface area contributed by atoms with Crippen molar-refractivity contribution in [3.8, 4) is 0 Å². The summed E-state index contributed by atoms with van der Waals surface area (Å²) in [5, 5.41) is 0. The smallest absolute Gasteiger partial charge is 1.00 e. The van der Waals surface area contributed by atoms with E-state index in [-0.39, 0.29) is 53.0 Å². The molecule has 0 atom stereocenters. The van der Waals surface area contributed by atoms with Crippen LogP contribution in [0.25, 0.3) is 0 Å². The van der Waals surface area contributed by atoms with Crippen LogP contribution in [0.2, 0.25) is 0 Å². The van der Waals surface area contributed by atoms with Crippen LogP contribution < -0.4 is 18.8 Å². The van der Waals surface area contributed by atoms with Gasteiger partial charge in [-0.05, 0) is 0 Å². The van der Waals surface area contributed by atoms with Crippen LogP contribution >= 0.6 is 0 Å². The number of rotatable bonds is 0. The second-order valence-corrected chi connectivity index (χ2v) is 0. The van der Waals surface area contributed by atoms with Gasteiger partial charge in [0.1, 0.15) is 0 Å². The Morgan fingerprint density at radius 2 is 0.500 bits per heavy atom. The zero-order valence-corrected chi connectivity index (χ0v) is 4.31. The molecule has 0 unspecified atom stereocenters. The molecule has 0 aromatic carbocycles. The summed E-state index contributed by atoms with van der Waals surface area (Å²) in [4.78, 5) is 0. The molecule has 0 aromatic rings.